The number of rotatable bonds is 2. The molecule has 0 saturated carbocycles. The molecule has 1 aliphatic rings. The lowest BCUT2D eigenvalue weighted by Crippen LogP contribution is -2.18. The Balaban J connectivity index is 2.17. The Morgan fingerprint density at radius 1 is 1.29 bits per heavy atom. The van der Waals surface area contributed by atoms with Gasteiger partial charge >= 0.3 is 5.97 Å². The number of ether oxygens (including phenoxy) is 1. The standard InChI is InChI=1S/C18H16N2O4/c1-18(2)8-24-15-10(18)5-6-11-13(15)12(14(20-11)17(22)23)9-4-3-7-19-16(9)21/h3-7,20H,8H2,1-2H3,(H,19,21)(H,22,23). The quantitative estimate of drug-likeness (QED) is 0.675. The first kappa shape index (κ1) is 14.6. The van der Waals surface area contributed by atoms with Crippen LogP contribution in [0.2, 0.25) is 0 Å². The van der Waals surface area contributed by atoms with E-state index < -0.39 is 5.97 Å². The number of carboxylic acids is 1. The van der Waals surface area contributed by atoms with Crippen molar-refractivity contribution in [3.63, 3.8) is 0 Å². The number of hydrogen-bond donors (Lipinski definition) is 3. The highest BCUT2D eigenvalue weighted by atomic mass is 16.5. The zero-order valence-corrected chi connectivity index (χ0v) is 13.3. The average Bonchev–Trinajstić information content (AvgIpc) is 3.06. The van der Waals surface area contributed by atoms with Crippen molar-refractivity contribution >= 4 is 16.9 Å². The van der Waals surface area contributed by atoms with Crippen LogP contribution in [-0.2, 0) is 5.41 Å². The first-order valence-corrected chi connectivity index (χ1v) is 7.63. The Kier molecular flexibility index (Phi) is 2.87. The number of fused-ring (bicyclic) bond motifs is 3. The maximum atomic E-state index is 12.3. The summed E-state index contributed by atoms with van der Waals surface area (Å²) in [5.74, 6) is -0.463. The Morgan fingerprint density at radius 2 is 2.08 bits per heavy atom. The Labute approximate surface area is 137 Å². The number of aromatic nitrogens is 2. The summed E-state index contributed by atoms with van der Waals surface area (Å²) in [6, 6.07) is 7.09. The molecule has 0 aliphatic carbocycles. The topological polar surface area (TPSA) is 95.2 Å². The normalized spacial score (nSPS) is 15.2. The van der Waals surface area contributed by atoms with E-state index in [2.05, 4.69) is 23.8 Å². The highest BCUT2D eigenvalue weighted by molar-refractivity contribution is 6.10. The van der Waals surface area contributed by atoms with Crippen LogP contribution in [0.5, 0.6) is 5.75 Å². The van der Waals surface area contributed by atoms with Gasteiger partial charge in [-0.3, -0.25) is 4.79 Å². The van der Waals surface area contributed by atoms with Crippen molar-refractivity contribution in [2.24, 2.45) is 0 Å². The molecule has 3 aromatic rings. The number of benzene rings is 1. The van der Waals surface area contributed by atoms with E-state index in [4.69, 9.17) is 4.74 Å². The van der Waals surface area contributed by atoms with Gasteiger partial charge in [0.2, 0.25) is 0 Å². The van der Waals surface area contributed by atoms with Crippen LogP contribution in [0, 0.1) is 0 Å². The van der Waals surface area contributed by atoms with Gasteiger partial charge < -0.3 is 19.8 Å². The molecule has 3 heterocycles. The summed E-state index contributed by atoms with van der Waals surface area (Å²) in [7, 11) is 0. The third-order valence-corrected chi connectivity index (χ3v) is 4.53. The predicted molar refractivity (Wildman–Crippen MR) is 89.8 cm³/mol. The highest BCUT2D eigenvalue weighted by Gasteiger charge is 2.35. The summed E-state index contributed by atoms with van der Waals surface area (Å²) >= 11 is 0. The van der Waals surface area contributed by atoms with Crippen LogP contribution >= 0.6 is 0 Å². The van der Waals surface area contributed by atoms with Crippen molar-refractivity contribution in [3.8, 4) is 16.9 Å². The molecule has 6 heteroatoms. The van der Waals surface area contributed by atoms with Crippen LogP contribution in [0.25, 0.3) is 22.0 Å². The maximum absolute atomic E-state index is 12.3. The molecule has 4 rings (SSSR count). The summed E-state index contributed by atoms with van der Waals surface area (Å²) in [6.07, 6.45) is 1.52. The zero-order chi connectivity index (χ0) is 17.1. The lowest BCUT2D eigenvalue weighted by Gasteiger charge is -2.14. The predicted octanol–water partition coefficient (Wildman–Crippen LogP) is 2.89. The minimum Gasteiger partial charge on any atom is -0.492 e. The van der Waals surface area contributed by atoms with Gasteiger partial charge in [0.25, 0.3) is 5.56 Å². The number of aromatic carboxylic acids is 1. The van der Waals surface area contributed by atoms with Gasteiger partial charge in [0.15, 0.2) is 0 Å². The number of carbonyl (C=O) groups is 1. The van der Waals surface area contributed by atoms with Crippen LogP contribution in [0.15, 0.2) is 35.3 Å². The molecule has 0 amide bonds. The Hall–Kier alpha value is -3.02. The molecule has 1 aromatic carbocycles. The summed E-state index contributed by atoms with van der Waals surface area (Å²) in [5, 5.41) is 10.2. The Bertz CT molecular complexity index is 1040. The van der Waals surface area contributed by atoms with E-state index in [-0.39, 0.29) is 16.7 Å². The third-order valence-electron chi connectivity index (χ3n) is 4.53. The van der Waals surface area contributed by atoms with E-state index in [1.54, 1.807) is 12.1 Å². The zero-order valence-electron chi connectivity index (χ0n) is 13.3. The number of H-pyrrole nitrogens is 2. The molecule has 24 heavy (non-hydrogen) atoms. The molecule has 0 fully saturated rings. The number of carboxylic acid groups (broad SMARTS) is 1. The number of nitrogens with one attached hydrogen (secondary N) is 2. The lowest BCUT2D eigenvalue weighted by molar-refractivity contribution is 0.0692. The summed E-state index contributed by atoms with van der Waals surface area (Å²) in [6.45, 7) is 4.66. The molecule has 6 nitrogen and oxygen atoms in total. The van der Waals surface area contributed by atoms with Gasteiger partial charge in [-0.05, 0) is 18.2 Å². The lowest BCUT2D eigenvalue weighted by atomic mass is 9.86. The molecule has 0 spiro atoms. The second kappa shape index (κ2) is 4.74. The van der Waals surface area contributed by atoms with Gasteiger partial charge in [0, 0.05) is 22.7 Å². The summed E-state index contributed by atoms with van der Waals surface area (Å²) in [5.41, 5.74) is 1.82. The molecular formula is C18H16N2O4. The molecule has 2 aromatic heterocycles. The van der Waals surface area contributed by atoms with Crippen LogP contribution < -0.4 is 10.3 Å². The SMILES string of the molecule is CC1(C)COc2c1ccc1[nH]c(C(=O)O)c(-c3ccc[nH]c3=O)c21. The van der Waals surface area contributed by atoms with Crippen LogP contribution in [0.4, 0.5) is 0 Å². The van der Waals surface area contributed by atoms with Crippen molar-refractivity contribution in [3.05, 3.63) is 52.1 Å². The molecule has 0 unspecified atom stereocenters. The van der Waals surface area contributed by atoms with Gasteiger partial charge in [0.1, 0.15) is 11.4 Å². The van der Waals surface area contributed by atoms with Gasteiger partial charge in [-0.1, -0.05) is 19.9 Å². The largest absolute Gasteiger partial charge is 0.492 e. The van der Waals surface area contributed by atoms with E-state index in [0.717, 1.165) is 5.56 Å². The maximum Gasteiger partial charge on any atom is 0.352 e. The fraction of sp³-hybridized carbons (Fsp3) is 0.222. The van der Waals surface area contributed by atoms with Gasteiger partial charge in [-0.25, -0.2) is 4.79 Å². The van der Waals surface area contributed by atoms with Crippen molar-refractivity contribution in [2.75, 3.05) is 6.61 Å². The van der Waals surface area contributed by atoms with Crippen LogP contribution in [-0.4, -0.2) is 27.7 Å². The first-order chi connectivity index (χ1) is 11.4. The van der Waals surface area contributed by atoms with E-state index in [1.807, 2.05) is 12.1 Å². The molecule has 0 saturated heterocycles. The monoisotopic (exact) mass is 324 g/mol. The molecule has 0 radical (unpaired) electrons. The smallest absolute Gasteiger partial charge is 0.352 e. The minimum atomic E-state index is -1.12. The molecule has 0 bridgehead atoms. The molecule has 1 aliphatic heterocycles. The van der Waals surface area contributed by atoms with E-state index in [1.165, 1.54) is 6.20 Å². The fourth-order valence-corrected chi connectivity index (χ4v) is 3.32. The third kappa shape index (κ3) is 1.89. The number of hydrogen-bond acceptors (Lipinski definition) is 3. The average molecular weight is 324 g/mol. The molecule has 122 valence electrons. The number of aromatic amines is 2. The van der Waals surface area contributed by atoms with Crippen LogP contribution in [0.3, 0.4) is 0 Å². The number of pyridine rings is 1. The van der Waals surface area contributed by atoms with Crippen LogP contribution in [0.1, 0.15) is 29.9 Å². The highest BCUT2D eigenvalue weighted by Crippen LogP contribution is 2.46. The molecule has 3 N–H and O–H groups in total. The molecular weight excluding hydrogens is 308 g/mol. The summed E-state index contributed by atoms with van der Waals surface area (Å²) < 4.78 is 5.90. The van der Waals surface area contributed by atoms with Gasteiger partial charge in [0.05, 0.1) is 23.1 Å². The Morgan fingerprint density at radius 3 is 2.79 bits per heavy atom. The minimum absolute atomic E-state index is 0.0107. The van der Waals surface area contributed by atoms with Crippen molar-refractivity contribution in [1.29, 1.82) is 0 Å². The van der Waals surface area contributed by atoms with E-state index >= 15 is 0 Å². The second-order valence-corrected chi connectivity index (χ2v) is 6.63. The first-order valence-electron chi connectivity index (χ1n) is 7.63. The van der Waals surface area contributed by atoms with Crippen molar-refractivity contribution in [1.82, 2.24) is 9.97 Å². The second-order valence-electron chi connectivity index (χ2n) is 6.63. The van der Waals surface area contributed by atoms with Crippen molar-refractivity contribution < 1.29 is 14.6 Å². The molecule has 0 atom stereocenters. The van der Waals surface area contributed by atoms with Crippen molar-refractivity contribution in [2.45, 2.75) is 19.3 Å². The summed E-state index contributed by atoms with van der Waals surface area (Å²) in [4.78, 5) is 29.5. The van der Waals surface area contributed by atoms with E-state index in [0.29, 0.717) is 34.4 Å². The van der Waals surface area contributed by atoms with Gasteiger partial charge in [-0.15, -0.1) is 0 Å². The fourth-order valence-electron chi connectivity index (χ4n) is 3.32. The van der Waals surface area contributed by atoms with E-state index in [9.17, 15) is 14.7 Å². The van der Waals surface area contributed by atoms with Gasteiger partial charge in [-0.2, -0.15) is 0 Å².